The standard InChI is InChI=1S/C26H21Cl2N3O/c1-16(2)9-19-7-8-20(11-21(19)15-30)26-23(27)12-22(13-24(26)28)31-25(32)10-17-3-5-18(14-29)6-4-17/h3-8,11-13,16H,9-10H2,1-2H3,(H,31,32). The Balaban J connectivity index is 1.81. The fraction of sp³-hybridized carbons (Fsp3) is 0.192. The summed E-state index contributed by atoms with van der Waals surface area (Å²) >= 11 is 13.0. The van der Waals surface area contributed by atoms with Crippen LogP contribution in [0.15, 0.2) is 54.6 Å². The molecular formula is C26H21Cl2N3O. The molecule has 0 bridgehead atoms. The lowest BCUT2D eigenvalue weighted by Gasteiger charge is -2.14. The number of amides is 1. The minimum Gasteiger partial charge on any atom is -0.326 e. The van der Waals surface area contributed by atoms with Gasteiger partial charge in [-0.15, -0.1) is 0 Å². The molecule has 0 unspecified atom stereocenters. The van der Waals surface area contributed by atoms with Crippen LogP contribution in [0.5, 0.6) is 0 Å². The minimum atomic E-state index is -0.223. The van der Waals surface area contributed by atoms with Crippen molar-refractivity contribution in [3.8, 4) is 23.3 Å². The smallest absolute Gasteiger partial charge is 0.228 e. The van der Waals surface area contributed by atoms with E-state index >= 15 is 0 Å². The summed E-state index contributed by atoms with van der Waals surface area (Å²) in [5, 5.41) is 22.0. The molecule has 0 aliphatic carbocycles. The van der Waals surface area contributed by atoms with Gasteiger partial charge < -0.3 is 5.32 Å². The third-order valence-electron chi connectivity index (χ3n) is 4.92. The van der Waals surface area contributed by atoms with Gasteiger partial charge in [-0.3, -0.25) is 4.79 Å². The van der Waals surface area contributed by atoms with Gasteiger partial charge in [-0.25, -0.2) is 0 Å². The predicted molar refractivity (Wildman–Crippen MR) is 129 cm³/mol. The predicted octanol–water partition coefficient (Wildman–Crippen LogP) is 6.78. The van der Waals surface area contributed by atoms with Crippen LogP contribution in [0.4, 0.5) is 5.69 Å². The second-order valence-electron chi connectivity index (χ2n) is 7.93. The molecule has 3 aromatic carbocycles. The Morgan fingerprint density at radius 3 is 2.19 bits per heavy atom. The first-order valence-electron chi connectivity index (χ1n) is 10.1. The van der Waals surface area contributed by atoms with Gasteiger partial charge in [0.15, 0.2) is 0 Å². The fourth-order valence-electron chi connectivity index (χ4n) is 3.46. The molecule has 0 heterocycles. The Morgan fingerprint density at radius 2 is 1.62 bits per heavy atom. The van der Waals surface area contributed by atoms with Gasteiger partial charge in [-0.1, -0.05) is 61.3 Å². The molecule has 0 saturated carbocycles. The van der Waals surface area contributed by atoms with Crippen molar-refractivity contribution in [1.82, 2.24) is 0 Å². The van der Waals surface area contributed by atoms with Gasteiger partial charge in [0, 0.05) is 11.3 Å². The molecule has 0 saturated heterocycles. The molecule has 160 valence electrons. The molecule has 0 atom stereocenters. The van der Waals surface area contributed by atoms with Gasteiger partial charge >= 0.3 is 0 Å². The third-order valence-corrected chi connectivity index (χ3v) is 5.52. The van der Waals surface area contributed by atoms with Gasteiger partial charge in [-0.05, 0) is 59.4 Å². The van der Waals surface area contributed by atoms with Crippen molar-refractivity contribution in [3.05, 3.63) is 86.9 Å². The number of anilines is 1. The highest BCUT2D eigenvalue weighted by Crippen LogP contribution is 2.38. The molecule has 0 aromatic heterocycles. The molecule has 1 N–H and O–H groups in total. The molecule has 0 aliphatic heterocycles. The summed E-state index contributed by atoms with van der Waals surface area (Å²) in [6, 6.07) is 20.1. The summed E-state index contributed by atoms with van der Waals surface area (Å²) in [5.41, 5.74) is 4.78. The molecule has 0 radical (unpaired) electrons. The van der Waals surface area contributed by atoms with Crippen molar-refractivity contribution >= 4 is 34.8 Å². The lowest BCUT2D eigenvalue weighted by Crippen LogP contribution is -2.14. The van der Waals surface area contributed by atoms with E-state index in [1.807, 2.05) is 18.2 Å². The number of nitrogens with zero attached hydrogens (tertiary/aromatic N) is 2. The number of hydrogen-bond donors (Lipinski definition) is 1. The van der Waals surface area contributed by atoms with E-state index < -0.39 is 0 Å². The van der Waals surface area contributed by atoms with Gasteiger partial charge in [0.05, 0.1) is 39.7 Å². The molecule has 1 amide bonds. The lowest BCUT2D eigenvalue weighted by molar-refractivity contribution is -0.115. The van der Waals surface area contributed by atoms with Gasteiger partial charge in [-0.2, -0.15) is 10.5 Å². The van der Waals surface area contributed by atoms with E-state index in [4.69, 9.17) is 28.5 Å². The van der Waals surface area contributed by atoms with Crippen LogP contribution in [0.1, 0.15) is 36.1 Å². The Kier molecular flexibility index (Phi) is 7.54. The Bertz CT molecular complexity index is 1210. The largest absolute Gasteiger partial charge is 0.326 e. The summed E-state index contributed by atoms with van der Waals surface area (Å²) in [6.45, 7) is 4.22. The summed E-state index contributed by atoms with van der Waals surface area (Å²) < 4.78 is 0. The van der Waals surface area contributed by atoms with E-state index in [0.29, 0.717) is 38.3 Å². The zero-order chi connectivity index (χ0) is 23.3. The molecular weight excluding hydrogens is 441 g/mol. The van der Waals surface area contributed by atoms with Crippen molar-refractivity contribution in [1.29, 1.82) is 10.5 Å². The topological polar surface area (TPSA) is 76.7 Å². The van der Waals surface area contributed by atoms with Crippen LogP contribution in [-0.4, -0.2) is 5.91 Å². The number of nitriles is 2. The van der Waals surface area contributed by atoms with Crippen LogP contribution in [0.2, 0.25) is 10.0 Å². The number of hydrogen-bond acceptors (Lipinski definition) is 3. The van der Waals surface area contributed by atoms with E-state index in [0.717, 1.165) is 23.1 Å². The Morgan fingerprint density at radius 1 is 0.969 bits per heavy atom. The van der Waals surface area contributed by atoms with Crippen LogP contribution in [0, 0.1) is 28.6 Å². The highest BCUT2D eigenvalue weighted by atomic mass is 35.5. The second kappa shape index (κ2) is 10.3. The molecule has 4 nitrogen and oxygen atoms in total. The molecule has 3 aromatic rings. The SMILES string of the molecule is CC(C)Cc1ccc(-c2c(Cl)cc(NC(=O)Cc3ccc(C#N)cc3)cc2Cl)cc1C#N. The minimum absolute atomic E-state index is 0.158. The van der Waals surface area contributed by atoms with Gasteiger partial charge in [0.1, 0.15) is 0 Å². The zero-order valence-corrected chi connectivity index (χ0v) is 19.3. The quantitative estimate of drug-likeness (QED) is 0.439. The molecule has 32 heavy (non-hydrogen) atoms. The lowest BCUT2D eigenvalue weighted by atomic mass is 9.94. The van der Waals surface area contributed by atoms with Gasteiger partial charge in [0.25, 0.3) is 0 Å². The van der Waals surface area contributed by atoms with E-state index in [-0.39, 0.29) is 12.3 Å². The van der Waals surface area contributed by atoms with Crippen LogP contribution < -0.4 is 5.32 Å². The number of carbonyl (C=O) groups excluding carboxylic acids is 1. The van der Waals surface area contributed by atoms with Crippen LogP contribution in [0.25, 0.3) is 11.1 Å². The normalized spacial score (nSPS) is 10.5. The fourth-order valence-corrected chi connectivity index (χ4v) is 4.17. The summed E-state index contributed by atoms with van der Waals surface area (Å²) in [4.78, 5) is 12.4. The highest BCUT2D eigenvalue weighted by Gasteiger charge is 2.15. The van der Waals surface area contributed by atoms with E-state index in [2.05, 4.69) is 25.2 Å². The number of benzene rings is 3. The van der Waals surface area contributed by atoms with Crippen molar-refractivity contribution in [2.75, 3.05) is 5.32 Å². The Labute approximate surface area is 198 Å². The second-order valence-corrected chi connectivity index (χ2v) is 8.74. The number of nitrogens with one attached hydrogen (secondary N) is 1. The number of rotatable bonds is 6. The first-order chi connectivity index (χ1) is 15.3. The highest BCUT2D eigenvalue weighted by molar-refractivity contribution is 6.39. The van der Waals surface area contributed by atoms with Crippen molar-refractivity contribution < 1.29 is 4.79 Å². The van der Waals surface area contributed by atoms with Gasteiger partial charge in [0.2, 0.25) is 5.91 Å². The summed E-state index contributed by atoms with van der Waals surface area (Å²) in [6.07, 6.45) is 0.973. The maximum Gasteiger partial charge on any atom is 0.228 e. The maximum absolute atomic E-state index is 12.4. The average Bonchev–Trinajstić information content (AvgIpc) is 2.74. The number of halogens is 2. The monoisotopic (exact) mass is 461 g/mol. The van der Waals surface area contributed by atoms with E-state index in [9.17, 15) is 10.1 Å². The van der Waals surface area contributed by atoms with Crippen molar-refractivity contribution in [2.45, 2.75) is 26.7 Å². The average molecular weight is 462 g/mol. The number of carbonyl (C=O) groups is 1. The molecule has 3 rings (SSSR count). The van der Waals surface area contributed by atoms with E-state index in [1.54, 1.807) is 42.5 Å². The summed E-state index contributed by atoms with van der Waals surface area (Å²) in [7, 11) is 0. The van der Waals surface area contributed by atoms with Crippen molar-refractivity contribution in [3.63, 3.8) is 0 Å². The van der Waals surface area contributed by atoms with Crippen LogP contribution in [0.3, 0.4) is 0 Å². The first kappa shape index (κ1) is 23.4. The summed E-state index contributed by atoms with van der Waals surface area (Å²) in [5.74, 6) is 0.215. The molecule has 6 heteroatoms. The maximum atomic E-state index is 12.4. The molecule has 0 aliphatic rings. The van der Waals surface area contributed by atoms with E-state index in [1.165, 1.54) is 0 Å². The first-order valence-corrected chi connectivity index (χ1v) is 10.9. The Hall–Kier alpha value is -3.31. The zero-order valence-electron chi connectivity index (χ0n) is 17.7. The molecule has 0 spiro atoms. The van der Waals surface area contributed by atoms with Crippen LogP contribution >= 0.6 is 23.2 Å². The van der Waals surface area contributed by atoms with Crippen LogP contribution in [-0.2, 0) is 17.6 Å². The molecule has 0 fully saturated rings. The third kappa shape index (κ3) is 5.68. The van der Waals surface area contributed by atoms with Crippen molar-refractivity contribution in [2.24, 2.45) is 5.92 Å².